The molecule has 0 radical (unpaired) electrons. The van der Waals surface area contributed by atoms with Gasteiger partial charge in [-0.3, -0.25) is 10.2 Å². The van der Waals surface area contributed by atoms with Crippen LogP contribution >= 0.6 is 23.1 Å². The Morgan fingerprint density at radius 1 is 1.52 bits per heavy atom. The summed E-state index contributed by atoms with van der Waals surface area (Å²) in [5.74, 6) is 4.88. The molecule has 1 aromatic carbocycles. The molecule has 0 fully saturated rings. The number of aliphatic hydroxyl groups excluding tert-OH is 1. The van der Waals surface area contributed by atoms with E-state index in [9.17, 15) is 14.3 Å². The minimum atomic E-state index is -0.475. The summed E-state index contributed by atoms with van der Waals surface area (Å²) >= 11 is 2.70. The van der Waals surface area contributed by atoms with Crippen molar-refractivity contribution in [3.05, 3.63) is 34.5 Å². The molecule has 7 heteroatoms. The molecule has 1 aromatic heterocycles. The van der Waals surface area contributed by atoms with Crippen LogP contribution in [0.15, 0.2) is 18.2 Å². The van der Waals surface area contributed by atoms with Crippen LogP contribution in [0.4, 0.5) is 4.39 Å². The van der Waals surface area contributed by atoms with Gasteiger partial charge in [-0.1, -0.05) is 13.0 Å². The first-order valence-electron chi connectivity index (χ1n) is 6.46. The summed E-state index contributed by atoms with van der Waals surface area (Å²) < 4.78 is 14.8. The van der Waals surface area contributed by atoms with Crippen molar-refractivity contribution in [1.82, 2.24) is 5.43 Å². The second-order valence-electron chi connectivity index (χ2n) is 4.75. The number of amides is 1. The molecule has 4 nitrogen and oxygen atoms in total. The fourth-order valence-electron chi connectivity index (χ4n) is 1.91. The van der Waals surface area contributed by atoms with E-state index in [2.05, 4.69) is 5.43 Å². The number of halogens is 1. The Balaban J connectivity index is 2.45. The van der Waals surface area contributed by atoms with Gasteiger partial charge in [0.05, 0.1) is 11.0 Å². The zero-order valence-corrected chi connectivity index (χ0v) is 13.4. The summed E-state index contributed by atoms with van der Waals surface area (Å²) in [6.45, 7) is 3.60. The average molecular weight is 328 g/mol. The van der Waals surface area contributed by atoms with E-state index in [1.54, 1.807) is 19.1 Å². The van der Waals surface area contributed by atoms with Crippen LogP contribution in [0.2, 0.25) is 0 Å². The lowest BCUT2D eigenvalue weighted by Crippen LogP contribution is -2.30. The van der Waals surface area contributed by atoms with Gasteiger partial charge in [0.2, 0.25) is 0 Å². The van der Waals surface area contributed by atoms with Crippen LogP contribution in [0.25, 0.3) is 10.1 Å². The minimum absolute atomic E-state index is 0.0134. The normalized spacial score (nSPS) is 14.1. The molecular weight excluding hydrogens is 311 g/mol. The van der Waals surface area contributed by atoms with E-state index in [1.807, 2.05) is 6.92 Å². The quantitative estimate of drug-likeness (QED) is 0.448. The third kappa shape index (κ3) is 3.37. The van der Waals surface area contributed by atoms with Crippen molar-refractivity contribution in [3.8, 4) is 0 Å². The van der Waals surface area contributed by atoms with Gasteiger partial charge >= 0.3 is 0 Å². The number of fused-ring (bicyclic) bond motifs is 1. The van der Waals surface area contributed by atoms with E-state index in [0.717, 1.165) is 0 Å². The molecule has 0 bridgehead atoms. The Labute approximate surface area is 130 Å². The number of hydrazine groups is 1. The first kappa shape index (κ1) is 16.2. The first-order valence-corrected chi connectivity index (χ1v) is 8.32. The smallest absolute Gasteiger partial charge is 0.275 e. The van der Waals surface area contributed by atoms with Crippen molar-refractivity contribution < 1.29 is 14.3 Å². The number of nitrogens with two attached hydrogens (primary N) is 1. The lowest BCUT2D eigenvalue weighted by Gasteiger charge is -2.14. The summed E-state index contributed by atoms with van der Waals surface area (Å²) in [7, 11) is 0. The maximum atomic E-state index is 14.1. The summed E-state index contributed by atoms with van der Waals surface area (Å²) in [5.41, 5.74) is 2.74. The zero-order chi connectivity index (χ0) is 15.6. The lowest BCUT2D eigenvalue weighted by molar-refractivity contribution is 0.0957. The SMILES string of the molecule is CC(O)C(C)SCc1c(C(=O)NN)sc2cccc(F)c12. The number of nitrogen functional groups attached to an aromatic ring is 1. The van der Waals surface area contributed by atoms with E-state index in [-0.39, 0.29) is 11.1 Å². The highest BCUT2D eigenvalue weighted by Crippen LogP contribution is 2.36. The Hall–Kier alpha value is -1.15. The van der Waals surface area contributed by atoms with Gasteiger partial charge in [-0.2, -0.15) is 11.8 Å². The number of nitrogens with one attached hydrogen (secondary N) is 1. The van der Waals surface area contributed by atoms with Gasteiger partial charge in [-0.25, -0.2) is 10.2 Å². The number of hydrogen-bond acceptors (Lipinski definition) is 5. The van der Waals surface area contributed by atoms with Gasteiger partial charge in [-0.05, 0) is 24.6 Å². The molecule has 21 heavy (non-hydrogen) atoms. The third-order valence-electron chi connectivity index (χ3n) is 3.27. The lowest BCUT2D eigenvalue weighted by atomic mass is 10.1. The van der Waals surface area contributed by atoms with Gasteiger partial charge in [-0.15, -0.1) is 11.3 Å². The van der Waals surface area contributed by atoms with Crippen LogP contribution in [0, 0.1) is 5.82 Å². The van der Waals surface area contributed by atoms with Crippen LogP contribution in [0.3, 0.4) is 0 Å². The highest BCUT2D eigenvalue weighted by atomic mass is 32.2. The standard InChI is InChI=1S/C14H17FN2O2S2/c1-7(18)8(2)20-6-9-12-10(15)4-3-5-11(12)21-13(9)14(19)17-16/h3-5,7-8,18H,6,16H2,1-2H3,(H,17,19). The molecule has 2 aromatic rings. The summed E-state index contributed by atoms with van der Waals surface area (Å²) in [4.78, 5) is 12.3. The molecule has 2 unspecified atom stereocenters. The minimum Gasteiger partial charge on any atom is -0.392 e. The van der Waals surface area contributed by atoms with E-state index >= 15 is 0 Å². The number of benzene rings is 1. The molecular formula is C14H17FN2O2S2. The molecule has 1 amide bonds. The van der Waals surface area contributed by atoms with Crippen LogP contribution in [-0.2, 0) is 5.75 Å². The predicted octanol–water partition coefficient (Wildman–Crippen LogP) is 2.65. The Kier molecular flexibility index (Phi) is 5.21. The molecule has 2 rings (SSSR count). The molecule has 0 saturated heterocycles. The predicted molar refractivity (Wildman–Crippen MR) is 85.9 cm³/mol. The van der Waals surface area contributed by atoms with Gasteiger partial charge in [0.1, 0.15) is 5.82 Å². The van der Waals surface area contributed by atoms with E-state index in [4.69, 9.17) is 5.84 Å². The molecule has 0 aliphatic heterocycles. The molecule has 0 aliphatic rings. The topological polar surface area (TPSA) is 75.3 Å². The van der Waals surface area contributed by atoms with Crippen molar-refractivity contribution in [1.29, 1.82) is 0 Å². The number of rotatable bonds is 5. The van der Waals surface area contributed by atoms with Gasteiger partial charge in [0.25, 0.3) is 5.91 Å². The van der Waals surface area contributed by atoms with Crippen molar-refractivity contribution >= 4 is 39.1 Å². The van der Waals surface area contributed by atoms with Crippen molar-refractivity contribution in [3.63, 3.8) is 0 Å². The van der Waals surface area contributed by atoms with Crippen LogP contribution in [-0.4, -0.2) is 22.4 Å². The Morgan fingerprint density at radius 3 is 2.86 bits per heavy atom. The summed E-state index contributed by atoms with van der Waals surface area (Å²) in [6.07, 6.45) is -0.475. The molecule has 2 atom stereocenters. The van der Waals surface area contributed by atoms with Crippen molar-refractivity contribution in [2.24, 2.45) is 5.84 Å². The highest BCUT2D eigenvalue weighted by Gasteiger charge is 2.21. The van der Waals surface area contributed by atoms with Gasteiger partial charge < -0.3 is 5.11 Å². The summed E-state index contributed by atoms with van der Waals surface area (Å²) in [6, 6.07) is 4.78. The second kappa shape index (κ2) is 6.74. The van der Waals surface area contributed by atoms with E-state index in [1.165, 1.54) is 29.2 Å². The maximum absolute atomic E-state index is 14.1. The zero-order valence-electron chi connectivity index (χ0n) is 11.7. The summed E-state index contributed by atoms with van der Waals surface area (Å²) in [5, 5.41) is 10.0. The number of thiophene rings is 1. The average Bonchev–Trinajstić information content (AvgIpc) is 2.83. The van der Waals surface area contributed by atoms with Crippen LogP contribution < -0.4 is 11.3 Å². The fraction of sp³-hybridized carbons (Fsp3) is 0.357. The number of carbonyl (C=O) groups is 1. The number of hydrogen-bond donors (Lipinski definition) is 3. The van der Waals surface area contributed by atoms with E-state index in [0.29, 0.717) is 26.3 Å². The monoisotopic (exact) mass is 328 g/mol. The Morgan fingerprint density at radius 2 is 2.24 bits per heavy atom. The van der Waals surface area contributed by atoms with Crippen molar-refractivity contribution in [2.45, 2.75) is 31.0 Å². The molecule has 1 heterocycles. The van der Waals surface area contributed by atoms with Crippen LogP contribution in [0.5, 0.6) is 0 Å². The first-order chi connectivity index (χ1) is 9.95. The van der Waals surface area contributed by atoms with Crippen LogP contribution in [0.1, 0.15) is 29.1 Å². The van der Waals surface area contributed by atoms with Crippen molar-refractivity contribution in [2.75, 3.05) is 0 Å². The highest BCUT2D eigenvalue weighted by molar-refractivity contribution is 7.99. The van der Waals surface area contributed by atoms with Gasteiger partial charge in [0.15, 0.2) is 0 Å². The number of aliphatic hydroxyl groups is 1. The largest absolute Gasteiger partial charge is 0.392 e. The molecule has 4 N–H and O–H groups in total. The maximum Gasteiger partial charge on any atom is 0.275 e. The third-order valence-corrected chi connectivity index (χ3v) is 5.84. The molecule has 0 aliphatic carbocycles. The Bertz CT molecular complexity index is 658. The number of carbonyl (C=O) groups excluding carboxylic acids is 1. The molecule has 0 spiro atoms. The molecule has 0 saturated carbocycles. The van der Waals surface area contributed by atoms with Gasteiger partial charge in [0, 0.05) is 21.1 Å². The second-order valence-corrected chi connectivity index (χ2v) is 7.17. The number of thioether (sulfide) groups is 1. The molecule has 114 valence electrons. The van der Waals surface area contributed by atoms with E-state index < -0.39 is 12.0 Å². The fourth-order valence-corrected chi connectivity index (χ4v) is 4.13.